The van der Waals surface area contributed by atoms with E-state index in [0.29, 0.717) is 0 Å². The van der Waals surface area contributed by atoms with Crippen LogP contribution in [0.4, 0.5) is 0 Å². The van der Waals surface area contributed by atoms with E-state index >= 15 is 0 Å². The molecule has 3 nitrogen and oxygen atoms in total. The smallest absolute Gasteiger partial charge is 0.328 e. The fourth-order valence-corrected chi connectivity index (χ4v) is 2.40. The summed E-state index contributed by atoms with van der Waals surface area (Å²) in [7, 11) is 0. The lowest BCUT2D eigenvalue weighted by molar-refractivity contribution is -0.131. The number of ether oxygens (including phenoxy) is 1. The van der Waals surface area contributed by atoms with Crippen molar-refractivity contribution in [3.8, 4) is 5.75 Å². The average molecular weight is 260 g/mol. The van der Waals surface area contributed by atoms with Crippen LogP contribution in [-0.4, -0.2) is 17.2 Å². The molecule has 1 aliphatic rings. The molecule has 0 heterocycles. The van der Waals surface area contributed by atoms with Crippen LogP contribution in [0.5, 0.6) is 5.75 Å². The van der Waals surface area contributed by atoms with Crippen molar-refractivity contribution in [3.05, 3.63) is 41.5 Å². The summed E-state index contributed by atoms with van der Waals surface area (Å²) in [6.45, 7) is 2.13. The number of aliphatic carboxylic acids is 1. The summed E-state index contributed by atoms with van der Waals surface area (Å²) in [6.07, 6.45) is 6.02. The van der Waals surface area contributed by atoms with Gasteiger partial charge in [0.2, 0.25) is 0 Å². The van der Waals surface area contributed by atoms with Crippen LogP contribution in [0.2, 0.25) is 0 Å². The fourth-order valence-electron chi connectivity index (χ4n) is 2.40. The molecule has 0 saturated heterocycles. The van der Waals surface area contributed by atoms with Gasteiger partial charge in [-0.15, -0.1) is 0 Å². The van der Waals surface area contributed by atoms with Crippen molar-refractivity contribution in [2.45, 2.75) is 45.1 Å². The summed E-state index contributed by atoms with van der Waals surface area (Å²) in [5.74, 6) is 0.0670. The highest BCUT2D eigenvalue weighted by atomic mass is 16.5. The zero-order valence-electron chi connectivity index (χ0n) is 11.3. The highest BCUT2D eigenvalue weighted by Crippen LogP contribution is 2.27. The largest absolute Gasteiger partial charge is 0.490 e. The Labute approximate surface area is 113 Å². The first kappa shape index (κ1) is 13.7. The summed E-state index contributed by atoms with van der Waals surface area (Å²) < 4.78 is 5.93. The van der Waals surface area contributed by atoms with E-state index in [1.54, 1.807) is 0 Å². The van der Waals surface area contributed by atoms with Gasteiger partial charge < -0.3 is 9.84 Å². The van der Waals surface area contributed by atoms with E-state index < -0.39 is 5.97 Å². The number of hydrogen-bond donors (Lipinski definition) is 1. The SMILES string of the molecule is CCc1ccc(OC2CCC(=CC(=O)O)CC2)cc1. The predicted octanol–water partition coefficient (Wildman–Crippen LogP) is 3.58. The van der Waals surface area contributed by atoms with Crippen molar-refractivity contribution in [3.63, 3.8) is 0 Å². The number of allylic oxidation sites excluding steroid dienone is 1. The summed E-state index contributed by atoms with van der Waals surface area (Å²) in [4.78, 5) is 10.6. The van der Waals surface area contributed by atoms with Gasteiger partial charge in [-0.05, 0) is 49.8 Å². The highest BCUT2D eigenvalue weighted by molar-refractivity contribution is 5.80. The predicted molar refractivity (Wildman–Crippen MR) is 74.4 cm³/mol. The van der Waals surface area contributed by atoms with Crippen molar-refractivity contribution in [2.24, 2.45) is 0 Å². The summed E-state index contributed by atoms with van der Waals surface area (Å²) >= 11 is 0. The number of aryl methyl sites for hydroxylation is 1. The lowest BCUT2D eigenvalue weighted by Crippen LogP contribution is -2.21. The molecule has 1 aromatic carbocycles. The zero-order chi connectivity index (χ0) is 13.7. The molecule has 3 heteroatoms. The third-order valence-electron chi connectivity index (χ3n) is 3.54. The molecular formula is C16H20O3. The normalized spacial score (nSPS) is 19.0. The Hall–Kier alpha value is -1.77. The van der Waals surface area contributed by atoms with E-state index in [2.05, 4.69) is 19.1 Å². The first-order valence-electron chi connectivity index (χ1n) is 6.85. The second-order valence-corrected chi connectivity index (χ2v) is 4.96. The second-order valence-electron chi connectivity index (χ2n) is 4.96. The number of hydrogen-bond acceptors (Lipinski definition) is 2. The van der Waals surface area contributed by atoms with Crippen LogP contribution in [0.3, 0.4) is 0 Å². The molecule has 0 bridgehead atoms. The van der Waals surface area contributed by atoms with Gasteiger partial charge in [-0.2, -0.15) is 0 Å². The van der Waals surface area contributed by atoms with Gasteiger partial charge in [0, 0.05) is 6.08 Å². The van der Waals surface area contributed by atoms with Crippen molar-refractivity contribution in [2.75, 3.05) is 0 Å². The van der Waals surface area contributed by atoms with Crippen LogP contribution in [0.25, 0.3) is 0 Å². The third-order valence-corrected chi connectivity index (χ3v) is 3.54. The van der Waals surface area contributed by atoms with E-state index in [0.717, 1.165) is 43.4 Å². The molecule has 0 amide bonds. The third kappa shape index (κ3) is 4.12. The van der Waals surface area contributed by atoms with E-state index in [1.165, 1.54) is 11.6 Å². The Morgan fingerprint density at radius 2 is 1.95 bits per heavy atom. The van der Waals surface area contributed by atoms with Crippen molar-refractivity contribution in [1.82, 2.24) is 0 Å². The molecule has 0 atom stereocenters. The Morgan fingerprint density at radius 1 is 1.32 bits per heavy atom. The first-order valence-corrected chi connectivity index (χ1v) is 6.85. The van der Waals surface area contributed by atoms with Crippen molar-refractivity contribution in [1.29, 1.82) is 0 Å². The Bertz CT molecular complexity index is 449. The number of benzene rings is 1. The lowest BCUT2D eigenvalue weighted by Gasteiger charge is -2.24. The van der Waals surface area contributed by atoms with E-state index in [-0.39, 0.29) is 6.10 Å². The molecule has 1 N–H and O–H groups in total. The molecule has 1 aliphatic carbocycles. The molecule has 0 spiro atoms. The van der Waals surface area contributed by atoms with Crippen LogP contribution in [0.15, 0.2) is 35.9 Å². The number of carboxylic acids is 1. The molecule has 0 aromatic heterocycles. The molecule has 0 radical (unpaired) electrons. The van der Waals surface area contributed by atoms with Crippen molar-refractivity contribution >= 4 is 5.97 Å². The van der Waals surface area contributed by atoms with Gasteiger partial charge in [0.05, 0.1) is 6.10 Å². The van der Waals surface area contributed by atoms with Crippen LogP contribution in [0, 0.1) is 0 Å². The molecule has 1 aromatic rings. The standard InChI is InChI=1S/C16H20O3/c1-2-12-3-7-14(8-4-12)19-15-9-5-13(6-10-15)11-16(17)18/h3-4,7-8,11,15H,2,5-6,9-10H2,1H3,(H,17,18). The van der Waals surface area contributed by atoms with Gasteiger partial charge in [0.15, 0.2) is 0 Å². The summed E-state index contributed by atoms with van der Waals surface area (Å²) in [5, 5.41) is 8.71. The van der Waals surface area contributed by atoms with Crippen LogP contribution < -0.4 is 4.74 Å². The molecule has 0 unspecified atom stereocenters. The molecular weight excluding hydrogens is 240 g/mol. The molecule has 1 fully saturated rings. The minimum Gasteiger partial charge on any atom is -0.490 e. The maximum atomic E-state index is 10.6. The summed E-state index contributed by atoms with van der Waals surface area (Å²) in [6, 6.07) is 8.21. The maximum Gasteiger partial charge on any atom is 0.328 e. The highest BCUT2D eigenvalue weighted by Gasteiger charge is 2.18. The van der Waals surface area contributed by atoms with Gasteiger partial charge in [0.1, 0.15) is 5.75 Å². The van der Waals surface area contributed by atoms with Gasteiger partial charge in [-0.1, -0.05) is 24.6 Å². The Morgan fingerprint density at radius 3 is 2.47 bits per heavy atom. The van der Waals surface area contributed by atoms with Crippen LogP contribution in [-0.2, 0) is 11.2 Å². The van der Waals surface area contributed by atoms with Gasteiger partial charge in [-0.3, -0.25) is 0 Å². The number of rotatable bonds is 4. The quantitative estimate of drug-likeness (QED) is 0.842. The number of carbonyl (C=O) groups is 1. The molecule has 1 saturated carbocycles. The molecule has 2 rings (SSSR count). The molecule has 19 heavy (non-hydrogen) atoms. The van der Waals surface area contributed by atoms with Crippen molar-refractivity contribution < 1.29 is 14.6 Å². The molecule has 102 valence electrons. The Balaban J connectivity index is 1.86. The first-order chi connectivity index (χ1) is 9.17. The van der Waals surface area contributed by atoms with Gasteiger partial charge in [-0.25, -0.2) is 4.79 Å². The van der Waals surface area contributed by atoms with Crippen LogP contribution in [0.1, 0.15) is 38.2 Å². The Kier molecular flexibility index (Phi) is 4.61. The zero-order valence-corrected chi connectivity index (χ0v) is 11.3. The monoisotopic (exact) mass is 260 g/mol. The van der Waals surface area contributed by atoms with E-state index in [1.807, 2.05) is 12.1 Å². The summed E-state index contributed by atoms with van der Waals surface area (Å²) in [5.41, 5.74) is 2.33. The number of carboxylic acid groups (broad SMARTS) is 1. The second kappa shape index (κ2) is 6.41. The van der Waals surface area contributed by atoms with Gasteiger partial charge >= 0.3 is 5.97 Å². The minimum atomic E-state index is -0.843. The molecule has 0 aliphatic heterocycles. The average Bonchev–Trinajstić information content (AvgIpc) is 2.41. The lowest BCUT2D eigenvalue weighted by atomic mass is 9.92. The van der Waals surface area contributed by atoms with E-state index in [4.69, 9.17) is 9.84 Å². The van der Waals surface area contributed by atoms with Gasteiger partial charge in [0.25, 0.3) is 0 Å². The minimum absolute atomic E-state index is 0.207. The topological polar surface area (TPSA) is 46.5 Å². The van der Waals surface area contributed by atoms with Crippen LogP contribution >= 0.6 is 0 Å². The fraction of sp³-hybridized carbons (Fsp3) is 0.438. The van der Waals surface area contributed by atoms with E-state index in [9.17, 15) is 4.79 Å². The maximum absolute atomic E-state index is 10.6.